The molecule has 0 saturated heterocycles. The summed E-state index contributed by atoms with van der Waals surface area (Å²) in [7, 11) is 1.33. The quantitative estimate of drug-likeness (QED) is 0.465. The van der Waals surface area contributed by atoms with E-state index < -0.39 is 17.2 Å². The van der Waals surface area contributed by atoms with Crippen LogP contribution in [0.15, 0.2) is 67.3 Å². The molecule has 0 saturated carbocycles. The highest BCUT2D eigenvalue weighted by Crippen LogP contribution is 2.16. The lowest BCUT2D eigenvalue weighted by molar-refractivity contribution is 0.0600. The van der Waals surface area contributed by atoms with Crippen molar-refractivity contribution in [2.45, 2.75) is 13.0 Å². The van der Waals surface area contributed by atoms with E-state index in [-0.39, 0.29) is 6.54 Å². The zero-order chi connectivity index (χ0) is 19.9. The lowest BCUT2D eigenvalue weighted by Crippen LogP contribution is -2.27. The number of imidazole rings is 1. The molecule has 0 bridgehead atoms. The topological polar surface area (TPSA) is 84.7 Å². The maximum Gasteiger partial charge on any atom is 0.337 e. The Hall–Kier alpha value is -2.81. The van der Waals surface area contributed by atoms with E-state index in [0.717, 1.165) is 16.8 Å². The summed E-state index contributed by atoms with van der Waals surface area (Å²) in [6.45, 7) is 0.686. The molecule has 0 radical (unpaired) electrons. The van der Waals surface area contributed by atoms with Crippen molar-refractivity contribution >= 4 is 17.2 Å². The number of esters is 1. The SMILES string of the molecule is COC(=O)c1ccc(CN(CCc2ccccc2-n2ccnc2)S(=O)O)cc1. The van der Waals surface area contributed by atoms with Crippen LogP contribution in [0, 0.1) is 0 Å². The number of aromatic nitrogens is 2. The van der Waals surface area contributed by atoms with Gasteiger partial charge < -0.3 is 9.30 Å². The summed E-state index contributed by atoms with van der Waals surface area (Å²) in [6, 6.07) is 14.7. The first kappa shape index (κ1) is 19.9. The third-order valence-corrected chi connectivity index (χ3v) is 5.11. The fourth-order valence-electron chi connectivity index (χ4n) is 2.90. The third kappa shape index (κ3) is 4.92. The molecule has 146 valence electrons. The largest absolute Gasteiger partial charge is 0.465 e. The summed E-state index contributed by atoms with van der Waals surface area (Å²) in [4.78, 5) is 15.6. The van der Waals surface area contributed by atoms with Crippen LogP contribution in [0.4, 0.5) is 0 Å². The normalized spacial score (nSPS) is 12.1. The number of methoxy groups -OCH3 is 1. The first-order valence-electron chi connectivity index (χ1n) is 8.68. The number of nitrogens with zero attached hydrogens (tertiary/aromatic N) is 3. The monoisotopic (exact) mass is 399 g/mol. The number of carbonyl (C=O) groups is 1. The predicted molar refractivity (Wildman–Crippen MR) is 106 cm³/mol. The van der Waals surface area contributed by atoms with E-state index in [1.807, 2.05) is 35.0 Å². The maximum atomic E-state index is 11.8. The Balaban J connectivity index is 1.70. The molecule has 1 heterocycles. The van der Waals surface area contributed by atoms with Crippen LogP contribution in [0.3, 0.4) is 0 Å². The Morgan fingerprint density at radius 2 is 1.96 bits per heavy atom. The highest BCUT2D eigenvalue weighted by Gasteiger charge is 2.14. The third-order valence-electron chi connectivity index (χ3n) is 4.36. The Bertz CT molecular complexity index is 942. The van der Waals surface area contributed by atoms with Gasteiger partial charge in [0.25, 0.3) is 0 Å². The molecule has 7 nitrogen and oxygen atoms in total. The highest BCUT2D eigenvalue weighted by atomic mass is 32.2. The van der Waals surface area contributed by atoms with Gasteiger partial charge in [0, 0.05) is 31.2 Å². The molecule has 0 aliphatic rings. The van der Waals surface area contributed by atoms with E-state index >= 15 is 0 Å². The molecule has 1 atom stereocenters. The standard InChI is InChI=1S/C20H21N3O4S/c1-27-20(24)18-8-6-16(7-9-18)14-23(28(25)26)12-10-17-4-2-3-5-19(17)22-13-11-21-15-22/h2-9,11,13,15H,10,12,14H2,1H3,(H,25,26). The molecule has 0 aliphatic heterocycles. The average molecular weight is 399 g/mol. The molecule has 1 unspecified atom stereocenters. The minimum absolute atomic E-state index is 0.289. The summed E-state index contributed by atoms with van der Waals surface area (Å²) < 4.78 is 29.6. The Morgan fingerprint density at radius 3 is 2.61 bits per heavy atom. The van der Waals surface area contributed by atoms with Gasteiger partial charge >= 0.3 is 5.97 Å². The summed E-state index contributed by atoms with van der Waals surface area (Å²) in [5, 5.41) is 0. The lowest BCUT2D eigenvalue weighted by atomic mass is 10.1. The van der Waals surface area contributed by atoms with Crippen LogP contribution in [0.25, 0.3) is 5.69 Å². The second-order valence-electron chi connectivity index (χ2n) is 6.13. The number of benzene rings is 2. The summed E-state index contributed by atoms with van der Waals surface area (Å²) >= 11 is -2.11. The number of ether oxygens (including phenoxy) is 1. The van der Waals surface area contributed by atoms with Gasteiger partial charge in [-0.3, -0.25) is 4.55 Å². The van der Waals surface area contributed by atoms with Gasteiger partial charge in [-0.15, -0.1) is 0 Å². The van der Waals surface area contributed by atoms with E-state index in [0.29, 0.717) is 18.5 Å². The first-order valence-corrected chi connectivity index (χ1v) is 9.74. The minimum Gasteiger partial charge on any atom is -0.465 e. The van der Waals surface area contributed by atoms with Crippen molar-refractivity contribution in [3.05, 3.63) is 83.9 Å². The molecule has 1 aromatic heterocycles. The van der Waals surface area contributed by atoms with Gasteiger partial charge in [0.05, 0.1) is 19.0 Å². The van der Waals surface area contributed by atoms with Gasteiger partial charge in [-0.25, -0.2) is 14.0 Å². The van der Waals surface area contributed by atoms with E-state index in [2.05, 4.69) is 9.72 Å². The van der Waals surface area contributed by atoms with E-state index in [9.17, 15) is 13.6 Å². The lowest BCUT2D eigenvalue weighted by Gasteiger charge is -2.19. The Kier molecular flexibility index (Phi) is 6.70. The fraction of sp³-hybridized carbons (Fsp3) is 0.200. The molecule has 2 aromatic carbocycles. The van der Waals surface area contributed by atoms with Crippen molar-refractivity contribution in [1.82, 2.24) is 13.9 Å². The molecular formula is C20H21N3O4S. The van der Waals surface area contributed by atoms with Crippen LogP contribution >= 0.6 is 0 Å². The molecule has 3 aromatic rings. The van der Waals surface area contributed by atoms with Crippen molar-refractivity contribution < 1.29 is 18.3 Å². The van der Waals surface area contributed by atoms with Gasteiger partial charge in [-0.1, -0.05) is 30.3 Å². The Morgan fingerprint density at radius 1 is 1.21 bits per heavy atom. The van der Waals surface area contributed by atoms with E-state index in [1.165, 1.54) is 11.4 Å². The second-order valence-corrected chi connectivity index (χ2v) is 7.11. The molecule has 3 rings (SSSR count). The first-order chi connectivity index (χ1) is 13.6. The van der Waals surface area contributed by atoms with Gasteiger partial charge in [0.15, 0.2) is 0 Å². The van der Waals surface area contributed by atoms with Gasteiger partial charge in [0.1, 0.15) is 0 Å². The number of hydrogen-bond donors (Lipinski definition) is 1. The van der Waals surface area contributed by atoms with Gasteiger partial charge in [-0.2, -0.15) is 4.31 Å². The number of hydrogen-bond acceptors (Lipinski definition) is 4. The molecule has 0 fully saturated rings. The van der Waals surface area contributed by atoms with Crippen LogP contribution in [-0.2, 0) is 29.0 Å². The molecule has 0 spiro atoms. The van der Waals surface area contributed by atoms with Gasteiger partial charge in [0.2, 0.25) is 11.3 Å². The van der Waals surface area contributed by atoms with Crippen LogP contribution in [0.2, 0.25) is 0 Å². The van der Waals surface area contributed by atoms with Crippen molar-refractivity contribution in [2.75, 3.05) is 13.7 Å². The molecule has 0 amide bonds. The van der Waals surface area contributed by atoms with Crippen LogP contribution in [-0.4, -0.2) is 42.2 Å². The molecule has 28 heavy (non-hydrogen) atoms. The molecule has 1 N–H and O–H groups in total. The van der Waals surface area contributed by atoms with Gasteiger partial charge in [-0.05, 0) is 35.7 Å². The maximum absolute atomic E-state index is 11.8. The smallest absolute Gasteiger partial charge is 0.337 e. The van der Waals surface area contributed by atoms with Crippen LogP contribution < -0.4 is 0 Å². The van der Waals surface area contributed by atoms with Crippen LogP contribution in [0.1, 0.15) is 21.5 Å². The van der Waals surface area contributed by atoms with Crippen molar-refractivity contribution in [3.8, 4) is 5.69 Å². The molecular weight excluding hydrogens is 378 g/mol. The zero-order valence-corrected chi connectivity index (χ0v) is 16.2. The summed E-state index contributed by atoms with van der Waals surface area (Å²) in [5.41, 5.74) is 3.32. The van der Waals surface area contributed by atoms with Crippen molar-refractivity contribution in [3.63, 3.8) is 0 Å². The Labute approximate surface area is 166 Å². The van der Waals surface area contributed by atoms with E-state index in [4.69, 9.17) is 0 Å². The zero-order valence-electron chi connectivity index (χ0n) is 15.4. The number of rotatable bonds is 8. The number of para-hydroxylation sites is 1. The van der Waals surface area contributed by atoms with Crippen molar-refractivity contribution in [1.29, 1.82) is 0 Å². The molecule has 0 aliphatic carbocycles. The summed E-state index contributed by atoms with van der Waals surface area (Å²) in [6.07, 6.45) is 5.90. The predicted octanol–water partition coefficient (Wildman–Crippen LogP) is 2.84. The number of carbonyl (C=O) groups excluding carboxylic acids is 1. The van der Waals surface area contributed by atoms with E-state index in [1.54, 1.807) is 36.8 Å². The average Bonchev–Trinajstić information content (AvgIpc) is 3.25. The summed E-state index contributed by atoms with van der Waals surface area (Å²) in [5.74, 6) is -0.412. The molecule has 8 heteroatoms. The highest BCUT2D eigenvalue weighted by molar-refractivity contribution is 7.76. The second kappa shape index (κ2) is 9.41. The van der Waals surface area contributed by atoms with Crippen molar-refractivity contribution in [2.24, 2.45) is 0 Å². The minimum atomic E-state index is -2.11. The van der Waals surface area contributed by atoms with Crippen LogP contribution in [0.5, 0.6) is 0 Å². The fourth-order valence-corrected chi connectivity index (χ4v) is 3.41.